The van der Waals surface area contributed by atoms with E-state index in [2.05, 4.69) is 6.07 Å². The van der Waals surface area contributed by atoms with Gasteiger partial charge in [-0.3, -0.25) is 9.59 Å². The van der Waals surface area contributed by atoms with Crippen molar-refractivity contribution in [3.05, 3.63) is 0 Å². The molecule has 0 bridgehead atoms. The van der Waals surface area contributed by atoms with Gasteiger partial charge in [0.05, 0.1) is 12.7 Å². The van der Waals surface area contributed by atoms with Crippen LogP contribution in [0.15, 0.2) is 0 Å². The van der Waals surface area contributed by atoms with Gasteiger partial charge in [0, 0.05) is 20.0 Å². The molecule has 1 atom stereocenters. The number of esters is 1. The number of carbonyl (C=O) groups is 2. The van der Waals surface area contributed by atoms with E-state index in [1.807, 2.05) is 6.92 Å². The Morgan fingerprint density at radius 3 is 2.39 bits per heavy atom. The molecule has 1 fully saturated rings. The molecular weight excluding hydrogens is 232 g/mol. The molecule has 1 rings (SSSR count). The van der Waals surface area contributed by atoms with Crippen molar-refractivity contribution in [1.29, 1.82) is 5.26 Å². The summed E-state index contributed by atoms with van der Waals surface area (Å²) in [5, 5.41) is 9.18. The number of nitriles is 1. The fraction of sp³-hybridized carbons (Fsp3) is 0.769. The maximum atomic E-state index is 11.8. The van der Waals surface area contributed by atoms with E-state index < -0.39 is 17.3 Å². The van der Waals surface area contributed by atoms with Crippen LogP contribution in [0.2, 0.25) is 0 Å². The Bertz CT molecular complexity index is 365. The highest BCUT2D eigenvalue weighted by molar-refractivity contribution is 5.76. The second-order valence-electron chi connectivity index (χ2n) is 4.97. The summed E-state index contributed by atoms with van der Waals surface area (Å²) in [5.41, 5.74) is -0.396. The first-order valence-electron chi connectivity index (χ1n) is 6.26. The van der Waals surface area contributed by atoms with E-state index >= 15 is 0 Å². The van der Waals surface area contributed by atoms with Crippen LogP contribution in [0.25, 0.3) is 0 Å². The topological polar surface area (TPSA) is 70.4 Å². The highest BCUT2D eigenvalue weighted by Crippen LogP contribution is 2.38. The SMILES string of the molecule is CCOC(=O)C(C#N)C1(C)CCN(C(C)=O)CC1. The largest absolute Gasteiger partial charge is 0.465 e. The molecule has 0 radical (unpaired) electrons. The Morgan fingerprint density at radius 1 is 1.44 bits per heavy atom. The highest BCUT2D eigenvalue weighted by atomic mass is 16.5. The van der Waals surface area contributed by atoms with Crippen molar-refractivity contribution in [2.45, 2.75) is 33.6 Å². The molecule has 1 saturated heterocycles. The fourth-order valence-corrected chi connectivity index (χ4v) is 2.34. The molecule has 1 unspecified atom stereocenters. The lowest BCUT2D eigenvalue weighted by molar-refractivity contribution is -0.151. The first kappa shape index (κ1) is 14.5. The molecular formula is C13H20N2O3. The molecule has 1 aliphatic heterocycles. The Balaban J connectivity index is 2.73. The molecule has 5 heteroatoms. The summed E-state index contributed by atoms with van der Waals surface area (Å²) in [6.07, 6.45) is 1.31. The van der Waals surface area contributed by atoms with Gasteiger partial charge in [-0.05, 0) is 25.2 Å². The van der Waals surface area contributed by atoms with E-state index in [4.69, 9.17) is 4.74 Å². The summed E-state index contributed by atoms with van der Waals surface area (Å²) in [4.78, 5) is 24.8. The zero-order valence-corrected chi connectivity index (χ0v) is 11.2. The van der Waals surface area contributed by atoms with Crippen molar-refractivity contribution in [3.63, 3.8) is 0 Å². The maximum absolute atomic E-state index is 11.8. The van der Waals surface area contributed by atoms with Gasteiger partial charge >= 0.3 is 5.97 Å². The van der Waals surface area contributed by atoms with Crippen LogP contribution in [0, 0.1) is 22.7 Å². The predicted molar refractivity (Wildman–Crippen MR) is 65.3 cm³/mol. The number of hydrogen-bond acceptors (Lipinski definition) is 4. The lowest BCUT2D eigenvalue weighted by atomic mass is 9.70. The third kappa shape index (κ3) is 3.00. The number of likely N-dealkylation sites (tertiary alicyclic amines) is 1. The first-order chi connectivity index (χ1) is 8.44. The van der Waals surface area contributed by atoms with Gasteiger partial charge in [-0.15, -0.1) is 0 Å². The van der Waals surface area contributed by atoms with Gasteiger partial charge in [-0.25, -0.2) is 0 Å². The summed E-state index contributed by atoms with van der Waals surface area (Å²) in [5.74, 6) is -1.15. The molecule has 18 heavy (non-hydrogen) atoms. The lowest BCUT2D eigenvalue weighted by Crippen LogP contribution is -2.46. The molecule has 5 nitrogen and oxygen atoms in total. The predicted octanol–water partition coefficient (Wildman–Crippen LogP) is 1.34. The molecule has 1 amide bonds. The molecule has 0 spiro atoms. The molecule has 1 aliphatic rings. The Morgan fingerprint density at radius 2 is 2.00 bits per heavy atom. The van der Waals surface area contributed by atoms with Crippen molar-refractivity contribution in [1.82, 2.24) is 4.90 Å². The molecule has 0 N–H and O–H groups in total. The van der Waals surface area contributed by atoms with Crippen LogP contribution in [0.4, 0.5) is 0 Å². The van der Waals surface area contributed by atoms with E-state index in [0.717, 1.165) is 0 Å². The second-order valence-corrected chi connectivity index (χ2v) is 4.97. The number of amides is 1. The first-order valence-corrected chi connectivity index (χ1v) is 6.26. The monoisotopic (exact) mass is 252 g/mol. The second kappa shape index (κ2) is 5.85. The number of nitrogens with zero attached hydrogens (tertiary/aromatic N) is 2. The number of carbonyl (C=O) groups excluding carboxylic acids is 2. The minimum Gasteiger partial charge on any atom is -0.465 e. The van der Waals surface area contributed by atoms with E-state index in [0.29, 0.717) is 25.9 Å². The molecule has 0 aromatic heterocycles. The van der Waals surface area contributed by atoms with E-state index in [1.54, 1.807) is 11.8 Å². The molecule has 0 aliphatic carbocycles. The summed E-state index contributed by atoms with van der Waals surface area (Å²) < 4.78 is 4.95. The number of rotatable bonds is 3. The Hall–Kier alpha value is -1.57. The number of ether oxygens (including phenoxy) is 1. The van der Waals surface area contributed by atoms with Gasteiger partial charge in [0.1, 0.15) is 5.92 Å². The summed E-state index contributed by atoms with van der Waals surface area (Å²) in [6.45, 7) is 6.68. The van der Waals surface area contributed by atoms with Gasteiger partial charge in [-0.2, -0.15) is 5.26 Å². The lowest BCUT2D eigenvalue weighted by Gasteiger charge is -2.40. The molecule has 1 heterocycles. The quantitative estimate of drug-likeness (QED) is 0.711. The third-order valence-corrected chi connectivity index (χ3v) is 3.70. The van der Waals surface area contributed by atoms with Crippen LogP contribution in [0.3, 0.4) is 0 Å². The minimum absolute atomic E-state index is 0.0432. The molecule has 0 aromatic rings. The van der Waals surface area contributed by atoms with E-state index in [-0.39, 0.29) is 12.5 Å². The van der Waals surface area contributed by atoms with Crippen LogP contribution in [-0.2, 0) is 14.3 Å². The standard InChI is InChI=1S/C13H20N2O3/c1-4-18-12(17)11(9-14)13(3)5-7-15(8-6-13)10(2)16/h11H,4-8H2,1-3H3. The van der Waals surface area contributed by atoms with Gasteiger partial charge in [-0.1, -0.05) is 6.92 Å². The smallest absolute Gasteiger partial charge is 0.323 e. The normalized spacial score (nSPS) is 19.8. The average Bonchev–Trinajstić information content (AvgIpc) is 2.30. The zero-order valence-electron chi connectivity index (χ0n) is 11.2. The van der Waals surface area contributed by atoms with Gasteiger partial charge in [0.25, 0.3) is 0 Å². The van der Waals surface area contributed by atoms with Crippen LogP contribution in [0.1, 0.15) is 33.6 Å². The van der Waals surface area contributed by atoms with Crippen LogP contribution in [-0.4, -0.2) is 36.5 Å². The van der Waals surface area contributed by atoms with Crippen molar-refractivity contribution in [2.75, 3.05) is 19.7 Å². The summed E-state index contributed by atoms with van der Waals surface area (Å²) in [6, 6.07) is 2.06. The molecule has 100 valence electrons. The zero-order chi connectivity index (χ0) is 13.8. The number of piperidine rings is 1. The fourth-order valence-electron chi connectivity index (χ4n) is 2.34. The summed E-state index contributed by atoms with van der Waals surface area (Å²) >= 11 is 0. The van der Waals surface area contributed by atoms with Crippen molar-refractivity contribution < 1.29 is 14.3 Å². The average molecular weight is 252 g/mol. The third-order valence-electron chi connectivity index (χ3n) is 3.70. The van der Waals surface area contributed by atoms with Crippen LogP contribution < -0.4 is 0 Å². The van der Waals surface area contributed by atoms with Crippen LogP contribution in [0.5, 0.6) is 0 Å². The molecule has 0 aromatic carbocycles. The van der Waals surface area contributed by atoms with Gasteiger partial charge < -0.3 is 9.64 Å². The van der Waals surface area contributed by atoms with Crippen LogP contribution >= 0.6 is 0 Å². The van der Waals surface area contributed by atoms with Crippen molar-refractivity contribution >= 4 is 11.9 Å². The highest BCUT2D eigenvalue weighted by Gasteiger charge is 2.42. The van der Waals surface area contributed by atoms with Gasteiger partial charge in [0.15, 0.2) is 0 Å². The Labute approximate surface area is 108 Å². The van der Waals surface area contributed by atoms with E-state index in [9.17, 15) is 14.9 Å². The van der Waals surface area contributed by atoms with Crippen molar-refractivity contribution in [2.24, 2.45) is 11.3 Å². The maximum Gasteiger partial charge on any atom is 0.323 e. The molecule has 0 saturated carbocycles. The van der Waals surface area contributed by atoms with Crippen molar-refractivity contribution in [3.8, 4) is 6.07 Å². The summed E-state index contributed by atoms with van der Waals surface area (Å²) in [7, 11) is 0. The minimum atomic E-state index is -0.744. The van der Waals surface area contributed by atoms with Gasteiger partial charge in [0.2, 0.25) is 5.91 Å². The van der Waals surface area contributed by atoms with E-state index in [1.165, 1.54) is 6.92 Å². The number of hydrogen-bond donors (Lipinski definition) is 0. The Kier molecular flexibility index (Phi) is 4.71.